The van der Waals surface area contributed by atoms with Crippen molar-refractivity contribution in [3.05, 3.63) is 28.2 Å². The Hall–Kier alpha value is -1.03. The molecule has 1 aliphatic rings. The van der Waals surface area contributed by atoms with Crippen LogP contribution >= 0.6 is 15.9 Å². The van der Waals surface area contributed by atoms with Crippen molar-refractivity contribution >= 4 is 21.8 Å². The molecule has 2 unspecified atom stereocenters. The highest BCUT2D eigenvalue weighted by Gasteiger charge is 2.25. The molecule has 2 rings (SSSR count). The van der Waals surface area contributed by atoms with Gasteiger partial charge >= 0.3 is 0 Å². The van der Waals surface area contributed by atoms with Crippen LogP contribution in [0.25, 0.3) is 0 Å². The first-order chi connectivity index (χ1) is 8.61. The van der Waals surface area contributed by atoms with E-state index in [1.807, 2.05) is 12.1 Å². The van der Waals surface area contributed by atoms with Gasteiger partial charge in [0.1, 0.15) is 5.75 Å². The van der Waals surface area contributed by atoms with E-state index in [0.29, 0.717) is 23.3 Å². The Kier molecular flexibility index (Phi) is 4.27. The molecule has 4 heteroatoms. The third-order valence-corrected chi connectivity index (χ3v) is 4.29. The molecule has 0 bridgehead atoms. The quantitative estimate of drug-likeness (QED) is 0.929. The molecule has 2 atom stereocenters. The zero-order valence-corrected chi connectivity index (χ0v) is 12.3. The Bertz CT molecular complexity index is 447. The largest absolute Gasteiger partial charge is 0.497 e. The molecule has 0 aromatic heterocycles. The summed E-state index contributed by atoms with van der Waals surface area (Å²) in [5.41, 5.74) is 0.633. The topological polar surface area (TPSA) is 38.3 Å². The molecule has 1 saturated carbocycles. The monoisotopic (exact) mass is 311 g/mol. The summed E-state index contributed by atoms with van der Waals surface area (Å²) in [6.07, 6.45) is 3.48. The number of hydrogen-bond donors (Lipinski definition) is 1. The molecular formula is C14H18BrNO2. The molecular weight excluding hydrogens is 294 g/mol. The third-order valence-electron chi connectivity index (χ3n) is 3.60. The van der Waals surface area contributed by atoms with E-state index in [4.69, 9.17) is 4.74 Å². The number of amides is 1. The van der Waals surface area contributed by atoms with Crippen molar-refractivity contribution in [1.82, 2.24) is 5.32 Å². The summed E-state index contributed by atoms with van der Waals surface area (Å²) in [6.45, 7) is 2.19. The molecule has 0 aliphatic heterocycles. The lowest BCUT2D eigenvalue weighted by Gasteiger charge is -2.18. The fourth-order valence-corrected chi connectivity index (χ4v) is 2.84. The van der Waals surface area contributed by atoms with E-state index >= 15 is 0 Å². The van der Waals surface area contributed by atoms with E-state index in [1.54, 1.807) is 13.2 Å². The highest BCUT2D eigenvalue weighted by atomic mass is 79.9. The van der Waals surface area contributed by atoms with E-state index < -0.39 is 0 Å². The van der Waals surface area contributed by atoms with Gasteiger partial charge in [0.15, 0.2) is 0 Å². The van der Waals surface area contributed by atoms with Gasteiger partial charge in [-0.1, -0.05) is 13.3 Å². The van der Waals surface area contributed by atoms with Crippen molar-refractivity contribution in [3.63, 3.8) is 0 Å². The maximum absolute atomic E-state index is 12.2. The van der Waals surface area contributed by atoms with Crippen LogP contribution in [0.15, 0.2) is 22.7 Å². The zero-order chi connectivity index (χ0) is 13.1. The lowest BCUT2D eigenvalue weighted by atomic mass is 10.1. The fraction of sp³-hybridized carbons (Fsp3) is 0.500. The summed E-state index contributed by atoms with van der Waals surface area (Å²) in [5.74, 6) is 1.24. The molecule has 1 N–H and O–H groups in total. The van der Waals surface area contributed by atoms with Gasteiger partial charge in [0.2, 0.25) is 0 Å². The van der Waals surface area contributed by atoms with Crippen LogP contribution in [-0.2, 0) is 0 Å². The van der Waals surface area contributed by atoms with Crippen molar-refractivity contribution in [2.75, 3.05) is 7.11 Å². The highest BCUT2D eigenvalue weighted by molar-refractivity contribution is 9.10. The third kappa shape index (κ3) is 2.86. The number of carbonyl (C=O) groups excluding carboxylic acids is 1. The van der Waals surface area contributed by atoms with Gasteiger partial charge in [0.25, 0.3) is 5.91 Å². The Morgan fingerprint density at radius 1 is 1.44 bits per heavy atom. The zero-order valence-electron chi connectivity index (χ0n) is 10.7. The second kappa shape index (κ2) is 5.74. The maximum atomic E-state index is 12.2. The number of hydrogen-bond acceptors (Lipinski definition) is 2. The van der Waals surface area contributed by atoms with Gasteiger partial charge in [-0.2, -0.15) is 0 Å². The first kappa shape index (κ1) is 13.4. The molecule has 0 heterocycles. The first-order valence-electron chi connectivity index (χ1n) is 6.26. The summed E-state index contributed by atoms with van der Waals surface area (Å²) in [4.78, 5) is 12.2. The van der Waals surface area contributed by atoms with Crippen LogP contribution in [0.4, 0.5) is 0 Å². The van der Waals surface area contributed by atoms with Crippen LogP contribution in [0.3, 0.4) is 0 Å². The standard InChI is InChI=1S/C14H18BrNO2/c1-9-4-3-5-13(9)16-14(17)11-8-10(18-2)6-7-12(11)15/h6-9,13H,3-5H2,1-2H3,(H,16,17). The molecule has 0 spiro atoms. The number of rotatable bonds is 3. The molecule has 1 amide bonds. The van der Waals surface area contributed by atoms with Gasteiger partial charge in [-0.15, -0.1) is 0 Å². The minimum atomic E-state index is -0.0282. The summed E-state index contributed by atoms with van der Waals surface area (Å²) < 4.78 is 5.95. The maximum Gasteiger partial charge on any atom is 0.252 e. The van der Waals surface area contributed by atoms with Crippen LogP contribution in [0.2, 0.25) is 0 Å². The van der Waals surface area contributed by atoms with Crippen LogP contribution in [0, 0.1) is 5.92 Å². The Balaban J connectivity index is 2.12. The smallest absolute Gasteiger partial charge is 0.252 e. The summed E-state index contributed by atoms with van der Waals surface area (Å²) in [6, 6.07) is 5.74. The minimum absolute atomic E-state index is 0.0282. The van der Waals surface area contributed by atoms with E-state index in [0.717, 1.165) is 10.9 Å². The van der Waals surface area contributed by atoms with Crippen molar-refractivity contribution < 1.29 is 9.53 Å². The number of halogens is 1. The molecule has 1 aliphatic carbocycles. The fourth-order valence-electron chi connectivity index (χ4n) is 2.41. The normalized spacial score (nSPS) is 22.8. The Labute approximate surface area is 116 Å². The van der Waals surface area contributed by atoms with Crippen LogP contribution in [0.5, 0.6) is 5.75 Å². The van der Waals surface area contributed by atoms with Crippen LogP contribution in [-0.4, -0.2) is 19.1 Å². The molecule has 18 heavy (non-hydrogen) atoms. The van der Waals surface area contributed by atoms with Gasteiger partial charge in [-0.25, -0.2) is 0 Å². The van der Waals surface area contributed by atoms with Gasteiger partial charge in [-0.3, -0.25) is 4.79 Å². The number of nitrogens with one attached hydrogen (secondary N) is 1. The van der Waals surface area contributed by atoms with Crippen molar-refractivity contribution in [2.24, 2.45) is 5.92 Å². The number of ether oxygens (including phenoxy) is 1. The van der Waals surface area contributed by atoms with E-state index in [1.165, 1.54) is 12.8 Å². The lowest BCUT2D eigenvalue weighted by Crippen LogP contribution is -2.36. The highest BCUT2D eigenvalue weighted by Crippen LogP contribution is 2.27. The van der Waals surface area contributed by atoms with Crippen LogP contribution in [0.1, 0.15) is 36.5 Å². The van der Waals surface area contributed by atoms with Gasteiger partial charge in [0.05, 0.1) is 12.7 Å². The molecule has 0 radical (unpaired) electrons. The number of benzene rings is 1. The van der Waals surface area contributed by atoms with Gasteiger partial charge < -0.3 is 10.1 Å². The molecule has 1 aromatic rings. The number of methoxy groups -OCH3 is 1. The summed E-state index contributed by atoms with van der Waals surface area (Å²) in [5, 5.41) is 3.11. The second-order valence-corrected chi connectivity index (χ2v) is 5.69. The molecule has 3 nitrogen and oxygen atoms in total. The van der Waals surface area contributed by atoms with Gasteiger partial charge in [0, 0.05) is 10.5 Å². The molecule has 98 valence electrons. The molecule has 1 aromatic carbocycles. The van der Waals surface area contributed by atoms with Crippen molar-refractivity contribution in [1.29, 1.82) is 0 Å². The Morgan fingerprint density at radius 2 is 2.22 bits per heavy atom. The average Bonchev–Trinajstić information content (AvgIpc) is 2.75. The van der Waals surface area contributed by atoms with E-state index in [9.17, 15) is 4.79 Å². The summed E-state index contributed by atoms with van der Waals surface area (Å²) >= 11 is 3.41. The molecule has 1 fully saturated rings. The van der Waals surface area contributed by atoms with Crippen LogP contribution < -0.4 is 10.1 Å². The van der Waals surface area contributed by atoms with Crippen molar-refractivity contribution in [3.8, 4) is 5.75 Å². The molecule has 0 saturated heterocycles. The minimum Gasteiger partial charge on any atom is -0.497 e. The van der Waals surface area contributed by atoms with E-state index in [-0.39, 0.29) is 5.91 Å². The first-order valence-corrected chi connectivity index (χ1v) is 7.05. The predicted octanol–water partition coefficient (Wildman–Crippen LogP) is 3.38. The van der Waals surface area contributed by atoms with E-state index in [2.05, 4.69) is 28.2 Å². The number of carbonyl (C=O) groups is 1. The average molecular weight is 312 g/mol. The lowest BCUT2D eigenvalue weighted by molar-refractivity contribution is 0.0928. The second-order valence-electron chi connectivity index (χ2n) is 4.83. The summed E-state index contributed by atoms with van der Waals surface area (Å²) in [7, 11) is 1.60. The SMILES string of the molecule is COc1ccc(Br)c(C(=O)NC2CCCC2C)c1. The van der Waals surface area contributed by atoms with Crippen molar-refractivity contribution in [2.45, 2.75) is 32.2 Å². The Morgan fingerprint density at radius 3 is 2.83 bits per heavy atom. The van der Waals surface area contributed by atoms with Gasteiger partial charge in [-0.05, 0) is 52.9 Å². The predicted molar refractivity (Wildman–Crippen MR) is 75.0 cm³/mol.